The van der Waals surface area contributed by atoms with Crippen molar-refractivity contribution in [2.75, 3.05) is 16.4 Å². The van der Waals surface area contributed by atoms with E-state index in [1.807, 2.05) is 36.1 Å². The molecule has 140 valence electrons. The van der Waals surface area contributed by atoms with Crippen molar-refractivity contribution >= 4 is 44.3 Å². The summed E-state index contributed by atoms with van der Waals surface area (Å²) in [6, 6.07) is 7.42. The summed E-state index contributed by atoms with van der Waals surface area (Å²) in [5.41, 5.74) is 1.89. The van der Waals surface area contributed by atoms with E-state index in [0.717, 1.165) is 11.3 Å². The van der Waals surface area contributed by atoms with Crippen molar-refractivity contribution in [3.05, 3.63) is 29.8 Å². The van der Waals surface area contributed by atoms with Gasteiger partial charge in [-0.2, -0.15) is 4.99 Å². The van der Waals surface area contributed by atoms with Gasteiger partial charge in [-0.15, -0.1) is 0 Å². The Morgan fingerprint density at radius 2 is 1.92 bits per heavy atom. The molecular weight excluding hydrogens is 376 g/mol. The van der Waals surface area contributed by atoms with Crippen molar-refractivity contribution in [3.8, 4) is 0 Å². The molecule has 0 spiro atoms. The first-order chi connectivity index (χ1) is 12.2. The van der Waals surface area contributed by atoms with Gasteiger partial charge in [-0.05, 0) is 25.5 Å². The van der Waals surface area contributed by atoms with Crippen LogP contribution in [0.5, 0.6) is 0 Å². The van der Waals surface area contributed by atoms with Gasteiger partial charge in [0.05, 0.1) is 17.5 Å². The number of nitrogens with zero attached hydrogens (tertiary/aromatic N) is 2. The van der Waals surface area contributed by atoms with Gasteiger partial charge in [0.2, 0.25) is 5.91 Å². The summed E-state index contributed by atoms with van der Waals surface area (Å²) in [7, 11) is -3.10. The van der Waals surface area contributed by atoms with Crippen LogP contribution in [0.3, 0.4) is 0 Å². The number of hydrogen-bond donors (Lipinski definition) is 1. The molecule has 0 saturated carbocycles. The molecule has 0 unspecified atom stereocenters. The Morgan fingerprint density at radius 3 is 2.58 bits per heavy atom. The lowest BCUT2D eigenvalue weighted by molar-refractivity contribution is -0.137. The molecule has 0 aliphatic carbocycles. The molecule has 2 aliphatic rings. The smallest absolute Gasteiger partial charge is 0.303 e. The molecule has 2 atom stereocenters. The maximum Gasteiger partial charge on any atom is 0.303 e. The average Bonchev–Trinajstić information content (AvgIpc) is 2.99. The highest BCUT2D eigenvalue weighted by Crippen LogP contribution is 2.41. The Balaban J connectivity index is 1.84. The fourth-order valence-electron chi connectivity index (χ4n) is 3.13. The lowest BCUT2D eigenvalue weighted by Crippen LogP contribution is -2.37. The second-order valence-corrected chi connectivity index (χ2v) is 9.90. The average molecular weight is 396 g/mol. The summed E-state index contributed by atoms with van der Waals surface area (Å²) >= 11 is 1.32. The van der Waals surface area contributed by atoms with Crippen molar-refractivity contribution in [1.82, 2.24) is 0 Å². The number of thioether (sulfide) groups is 1. The zero-order valence-electron chi connectivity index (χ0n) is 14.3. The Hall–Kier alpha value is -1.87. The van der Waals surface area contributed by atoms with Crippen LogP contribution in [0.2, 0.25) is 0 Å². The molecule has 2 aliphatic heterocycles. The molecule has 26 heavy (non-hydrogen) atoms. The van der Waals surface area contributed by atoms with Crippen LogP contribution in [0.15, 0.2) is 29.3 Å². The number of carbonyl (C=O) groups is 2. The fourth-order valence-corrected chi connectivity index (χ4v) is 7.06. The third kappa shape index (κ3) is 4.27. The van der Waals surface area contributed by atoms with Crippen molar-refractivity contribution in [2.45, 2.75) is 37.5 Å². The number of amides is 1. The summed E-state index contributed by atoms with van der Waals surface area (Å²) in [5.74, 6) is -1.20. The summed E-state index contributed by atoms with van der Waals surface area (Å²) in [4.78, 5) is 28.7. The molecule has 7 nitrogen and oxygen atoms in total. The number of aliphatic carboxylic acids is 1. The number of benzene rings is 1. The monoisotopic (exact) mass is 396 g/mol. The van der Waals surface area contributed by atoms with E-state index < -0.39 is 15.8 Å². The molecule has 0 radical (unpaired) electrons. The summed E-state index contributed by atoms with van der Waals surface area (Å²) in [5, 5.41) is 9.02. The predicted octanol–water partition coefficient (Wildman–Crippen LogP) is 1.85. The van der Waals surface area contributed by atoms with Gasteiger partial charge in [-0.3, -0.25) is 9.59 Å². The molecule has 1 aromatic rings. The SMILES string of the molecule is Cc1ccc(N2C(=NC(=O)CCCC(=O)O)S[C@H]3CS(=O)(=O)C[C@@H]32)cc1. The third-order valence-corrected chi connectivity index (χ3v) is 7.59. The molecule has 2 saturated heterocycles. The van der Waals surface area contributed by atoms with Gasteiger partial charge in [0.15, 0.2) is 15.0 Å². The maximum atomic E-state index is 12.1. The van der Waals surface area contributed by atoms with Crippen LogP contribution in [-0.2, 0) is 19.4 Å². The highest BCUT2D eigenvalue weighted by molar-refractivity contribution is 8.16. The molecule has 1 aromatic carbocycles. The zero-order valence-corrected chi connectivity index (χ0v) is 15.9. The van der Waals surface area contributed by atoms with Gasteiger partial charge >= 0.3 is 5.97 Å². The van der Waals surface area contributed by atoms with Crippen LogP contribution in [0, 0.1) is 6.92 Å². The van der Waals surface area contributed by atoms with Crippen molar-refractivity contribution in [3.63, 3.8) is 0 Å². The minimum atomic E-state index is -3.10. The lowest BCUT2D eigenvalue weighted by Gasteiger charge is -2.24. The van der Waals surface area contributed by atoms with Crippen molar-refractivity contribution in [1.29, 1.82) is 0 Å². The number of carboxylic acids is 1. The Morgan fingerprint density at radius 1 is 1.23 bits per heavy atom. The van der Waals surface area contributed by atoms with Crippen LogP contribution in [-0.4, -0.2) is 53.4 Å². The van der Waals surface area contributed by atoms with Gasteiger partial charge in [0, 0.05) is 23.8 Å². The Kier molecular flexibility index (Phi) is 5.38. The molecule has 1 amide bonds. The maximum absolute atomic E-state index is 12.1. The van der Waals surface area contributed by atoms with Gasteiger partial charge in [-0.25, -0.2) is 8.42 Å². The molecule has 2 heterocycles. The van der Waals surface area contributed by atoms with E-state index in [0.29, 0.717) is 5.17 Å². The number of anilines is 1. The molecule has 1 N–H and O–H groups in total. The first kappa shape index (κ1) is 18.9. The summed E-state index contributed by atoms with van der Waals surface area (Å²) < 4.78 is 24.0. The highest BCUT2D eigenvalue weighted by atomic mass is 32.2. The van der Waals surface area contributed by atoms with Gasteiger partial charge < -0.3 is 10.0 Å². The van der Waals surface area contributed by atoms with E-state index in [1.54, 1.807) is 0 Å². The zero-order chi connectivity index (χ0) is 18.9. The molecule has 0 aromatic heterocycles. The number of carbonyl (C=O) groups excluding carboxylic acids is 1. The first-order valence-electron chi connectivity index (χ1n) is 8.31. The topological polar surface area (TPSA) is 104 Å². The number of sulfone groups is 1. The van der Waals surface area contributed by atoms with E-state index in [2.05, 4.69) is 4.99 Å². The van der Waals surface area contributed by atoms with Crippen LogP contribution >= 0.6 is 11.8 Å². The Labute approximate surface area is 156 Å². The molecule has 2 fully saturated rings. The number of hydrogen-bond acceptors (Lipinski definition) is 5. The number of amidine groups is 1. The second-order valence-electron chi connectivity index (χ2n) is 6.54. The van der Waals surface area contributed by atoms with E-state index in [1.165, 1.54) is 11.8 Å². The standard InChI is InChI=1S/C17H20N2O5S2/c1-11-5-7-12(8-6-11)19-13-9-26(23,24)10-14(13)25-17(19)18-15(20)3-2-4-16(21)22/h5-8,13-14H,2-4,9-10H2,1H3,(H,21,22)/t13-,14-/m0/s1. The molecular formula is C17H20N2O5S2. The second kappa shape index (κ2) is 7.40. The van der Waals surface area contributed by atoms with Crippen LogP contribution in [0.4, 0.5) is 5.69 Å². The lowest BCUT2D eigenvalue weighted by atomic mass is 10.1. The quantitative estimate of drug-likeness (QED) is 0.810. The predicted molar refractivity (Wildman–Crippen MR) is 101 cm³/mol. The third-order valence-electron chi connectivity index (χ3n) is 4.38. The van der Waals surface area contributed by atoms with E-state index in [9.17, 15) is 18.0 Å². The van der Waals surface area contributed by atoms with Crippen LogP contribution in [0.1, 0.15) is 24.8 Å². The van der Waals surface area contributed by atoms with E-state index in [-0.39, 0.29) is 48.0 Å². The normalized spacial score (nSPS) is 25.4. The van der Waals surface area contributed by atoms with E-state index in [4.69, 9.17) is 5.11 Å². The number of carboxylic acid groups (broad SMARTS) is 1. The fraction of sp³-hybridized carbons (Fsp3) is 0.471. The van der Waals surface area contributed by atoms with Gasteiger partial charge in [0.1, 0.15) is 0 Å². The van der Waals surface area contributed by atoms with E-state index >= 15 is 0 Å². The van der Waals surface area contributed by atoms with Crippen LogP contribution < -0.4 is 4.90 Å². The van der Waals surface area contributed by atoms with Crippen molar-refractivity contribution in [2.24, 2.45) is 4.99 Å². The Bertz CT molecular complexity index is 848. The minimum absolute atomic E-state index is 0.0464. The molecule has 0 bridgehead atoms. The number of fused-ring (bicyclic) bond motifs is 1. The highest BCUT2D eigenvalue weighted by Gasteiger charge is 2.49. The largest absolute Gasteiger partial charge is 0.481 e. The summed E-state index contributed by atoms with van der Waals surface area (Å²) in [6.07, 6.45) is 0.224. The number of aliphatic imine (C=N–C) groups is 1. The molecule has 3 rings (SSSR count). The van der Waals surface area contributed by atoms with Gasteiger partial charge in [0.25, 0.3) is 0 Å². The van der Waals surface area contributed by atoms with Crippen LogP contribution in [0.25, 0.3) is 0 Å². The summed E-state index contributed by atoms with van der Waals surface area (Å²) in [6.45, 7) is 1.96. The molecule has 9 heteroatoms. The van der Waals surface area contributed by atoms with Gasteiger partial charge in [-0.1, -0.05) is 29.5 Å². The first-order valence-corrected chi connectivity index (χ1v) is 11.0. The number of aryl methyl sites for hydroxylation is 1. The number of rotatable bonds is 5. The van der Waals surface area contributed by atoms with Crippen molar-refractivity contribution < 1.29 is 23.1 Å². The minimum Gasteiger partial charge on any atom is -0.481 e.